The van der Waals surface area contributed by atoms with Gasteiger partial charge in [0.25, 0.3) is 0 Å². The van der Waals surface area contributed by atoms with E-state index in [0.29, 0.717) is 0 Å². The van der Waals surface area contributed by atoms with Crippen molar-refractivity contribution in [2.75, 3.05) is 0 Å². The molecular weight excluding hydrogens is 478 g/mol. The van der Waals surface area contributed by atoms with Crippen LogP contribution in [-0.4, -0.2) is 4.40 Å². The van der Waals surface area contributed by atoms with Gasteiger partial charge in [-0.25, -0.2) is 0 Å². The molecule has 0 aliphatic heterocycles. The van der Waals surface area contributed by atoms with Crippen LogP contribution >= 0.6 is 0 Å². The van der Waals surface area contributed by atoms with Gasteiger partial charge in [-0.3, -0.25) is 0 Å². The third-order valence-corrected chi connectivity index (χ3v) is 8.79. The van der Waals surface area contributed by atoms with Gasteiger partial charge in [0.1, 0.15) is 11.3 Å². The van der Waals surface area contributed by atoms with Crippen molar-refractivity contribution in [3.05, 3.63) is 108 Å². The van der Waals surface area contributed by atoms with Crippen molar-refractivity contribution in [2.24, 2.45) is 0 Å². The van der Waals surface area contributed by atoms with Crippen LogP contribution in [-0.2, 0) is 6.42 Å². The molecular formula is C36H21NO2. The van der Waals surface area contributed by atoms with Crippen LogP contribution in [0.5, 0.6) is 0 Å². The number of benzene rings is 5. The number of hydrogen-bond donors (Lipinski definition) is 0. The van der Waals surface area contributed by atoms with Crippen molar-refractivity contribution in [3.63, 3.8) is 0 Å². The SMILES string of the molecule is C1=Cc2oc3c(ccc4c5cc(-c6ccccc6)cc6c7ccc8c9ccccc9oc8c7n(c56)c43)c2CC1. The summed E-state index contributed by atoms with van der Waals surface area (Å²) in [7, 11) is 0. The molecule has 0 N–H and O–H groups in total. The number of aromatic nitrogens is 1. The molecule has 3 nitrogen and oxygen atoms in total. The highest BCUT2D eigenvalue weighted by molar-refractivity contribution is 6.31. The first-order valence-corrected chi connectivity index (χ1v) is 13.6. The van der Waals surface area contributed by atoms with E-state index in [2.05, 4.69) is 101 Å². The van der Waals surface area contributed by atoms with Crippen molar-refractivity contribution in [3.8, 4) is 11.1 Å². The van der Waals surface area contributed by atoms with Crippen LogP contribution < -0.4 is 0 Å². The van der Waals surface area contributed by atoms with Gasteiger partial charge in [-0.1, -0.05) is 72.8 Å². The van der Waals surface area contributed by atoms with Crippen LogP contribution in [0.3, 0.4) is 0 Å². The average Bonchev–Trinajstić information content (AvgIpc) is 3.73. The van der Waals surface area contributed by atoms with Crippen molar-refractivity contribution < 1.29 is 8.83 Å². The highest BCUT2D eigenvalue weighted by Crippen LogP contribution is 2.47. The number of rotatable bonds is 1. The van der Waals surface area contributed by atoms with Crippen LogP contribution in [0.25, 0.3) is 88.2 Å². The maximum absolute atomic E-state index is 6.66. The largest absolute Gasteiger partial charge is 0.454 e. The Hall–Kier alpha value is -5.02. The normalized spacial score (nSPS) is 13.8. The molecule has 9 aromatic rings. The van der Waals surface area contributed by atoms with Gasteiger partial charge < -0.3 is 13.2 Å². The van der Waals surface area contributed by atoms with E-state index in [0.717, 1.165) is 57.2 Å². The lowest BCUT2D eigenvalue weighted by molar-refractivity contribution is 0.597. The Morgan fingerprint density at radius 1 is 0.538 bits per heavy atom. The summed E-state index contributed by atoms with van der Waals surface area (Å²) in [6.45, 7) is 0. The molecule has 1 aliphatic rings. The fourth-order valence-electron chi connectivity index (χ4n) is 7.10. The van der Waals surface area contributed by atoms with Gasteiger partial charge in [0.2, 0.25) is 0 Å². The van der Waals surface area contributed by atoms with Gasteiger partial charge in [-0.2, -0.15) is 0 Å². The summed E-state index contributed by atoms with van der Waals surface area (Å²) in [5.41, 5.74) is 10.0. The Bertz CT molecular complexity index is 2480. The zero-order valence-electron chi connectivity index (χ0n) is 21.0. The summed E-state index contributed by atoms with van der Waals surface area (Å²) in [6, 6.07) is 32.8. The lowest BCUT2D eigenvalue weighted by Crippen LogP contribution is -1.89. The molecule has 0 unspecified atom stereocenters. The highest BCUT2D eigenvalue weighted by atomic mass is 16.3. The number of fused-ring (bicyclic) bond motifs is 14. The quantitative estimate of drug-likeness (QED) is 0.225. The number of allylic oxidation sites excluding steroid dienone is 1. The van der Waals surface area contributed by atoms with Gasteiger partial charge in [-0.15, -0.1) is 0 Å². The minimum Gasteiger partial charge on any atom is -0.454 e. The van der Waals surface area contributed by atoms with Gasteiger partial charge in [0.05, 0.1) is 16.6 Å². The van der Waals surface area contributed by atoms with Crippen LogP contribution in [0, 0.1) is 0 Å². The van der Waals surface area contributed by atoms with Crippen molar-refractivity contribution in [1.82, 2.24) is 4.40 Å². The smallest absolute Gasteiger partial charge is 0.160 e. The lowest BCUT2D eigenvalue weighted by atomic mass is 9.98. The van der Waals surface area contributed by atoms with E-state index in [4.69, 9.17) is 8.83 Å². The third kappa shape index (κ3) is 2.39. The van der Waals surface area contributed by atoms with Crippen LogP contribution in [0.4, 0.5) is 0 Å². The molecule has 5 aromatic carbocycles. The zero-order chi connectivity index (χ0) is 25.2. The molecule has 4 aromatic heterocycles. The third-order valence-electron chi connectivity index (χ3n) is 8.79. The first-order valence-electron chi connectivity index (χ1n) is 13.6. The molecule has 10 rings (SSSR count). The standard InChI is InChI=1S/C36H21NO2/c1-2-8-20(9-3-1)21-18-28-24-14-16-26-22-10-4-6-12-30(22)38-35(26)33(24)37-32(28)29(19-21)25-15-17-27-23-11-5-7-13-31(23)39-36(27)34(25)37/h1-4,6-10,12-19H,5,11H2. The molecule has 0 atom stereocenters. The predicted molar refractivity (Wildman–Crippen MR) is 161 cm³/mol. The molecule has 182 valence electrons. The molecule has 39 heavy (non-hydrogen) atoms. The summed E-state index contributed by atoms with van der Waals surface area (Å²) in [6.07, 6.45) is 6.42. The predicted octanol–water partition coefficient (Wildman–Crippen LogP) is 10.1. The monoisotopic (exact) mass is 499 g/mol. The van der Waals surface area contributed by atoms with Crippen molar-refractivity contribution >= 4 is 77.1 Å². The van der Waals surface area contributed by atoms with Gasteiger partial charge in [0.15, 0.2) is 11.2 Å². The van der Waals surface area contributed by atoms with E-state index in [1.54, 1.807) is 0 Å². The Labute approximate surface area is 222 Å². The molecule has 0 bridgehead atoms. The molecule has 0 fully saturated rings. The molecule has 4 heterocycles. The minimum absolute atomic E-state index is 0.915. The van der Waals surface area contributed by atoms with Gasteiger partial charge >= 0.3 is 0 Å². The highest BCUT2D eigenvalue weighted by Gasteiger charge is 2.26. The van der Waals surface area contributed by atoms with E-state index in [1.807, 2.05) is 6.07 Å². The van der Waals surface area contributed by atoms with E-state index in [1.165, 1.54) is 49.1 Å². The van der Waals surface area contributed by atoms with Crippen LogP contribution in [0.15, 0.2) is 106 Å². The summed E-state index contributed by atoms with van der Waals surface area (Å²) in [5.74, 6) is 0.993. The Balaban J connectivity index is 1.50. The van der Waals surface area contributed by atoms with Gasteiger partial charge in [-0.05, 0) is 54.3 Å². The van der Waals surface area contributed by atoms with Crippen LogP contribution in [0.1, 0.15) is 17.7 Å². The minimum atomic E-state index is 0.915. The van der Waals surface area contributed by atoms with Crippen molar-refractivity contribution in [1.29, 1.82) is 0 Å². The summed E-state index contributed by atoms with van der Waals surface area (Å²) in [5, 5.41) is 8.41. The second-order valence-electron chi connectivity index (χ2n) is 10.8. The zero-order valence-corrected chi connectivity index (χ0v) is 21.0. The summed E-state index contributed by atoms with van der Waals surface area (Å²) in [4.78, 5) is 0. The van der Waals surface area contributed by atoms with E-state index >= 15 is 0 Å². The van der Waals surface area contributed by atoms with E-state index < -0.39 is 0 Å². The van der Waals surface area contributed by atoms with Gasteiger partial charge in [0, 0.05) is 43.3 Å². The molecule has 3 heteroatoms. The fraction of sp³-hybridized carbons (Fsp3) is 0.0556. The lowest BCUT2D eigenvalue weighted by Gasteiger charge is -2.04. The second-order valence-corrected chi connectivity index (χ2v) is 10.8. The number of aryl methyl sites for hydroxylation is 1. The Kier molecular flexibility index (Phi) is 3.53. The number of nitrogens with zero attached hydrogens (tertiary/aromatic N) is 1. The topological polar surface area (TPSA) is 30.7 Å². The fourth-order valence-corrected chi connectivity index (χ4v) is 7.10. The number of hydrogen-bond acceptors (Lipinski definition) is 2. The maximum atomic E-state index is 6.66. The summed E-state index contributed by atoms with van der Waals surface area (Å²) >= 11 is 0. The molecule has 0 amide bonds. The first kappa shape index (κ1) is 20.0. The Morgan fingerprint density at radius 3 is 2.05 bits per heavy atom. The Morgan fingerprint density at radius 2 is 1.23 bits per heavy atom. The van der Waals surface area contributed by atoms with E-state index in [-0.39, 0.29) is 0 Å². The number of para-hydroxylation sites is 1. The molecule has 1 aliphatic carbocycles. The van der Waals surface area contributed by atoms with Crippen LogP contribution in [0.2, 0.25) is 0 Å². The molecule has 0 saturated heterocycles. The maximum Gasteiger partial charge on any atom is 0.160 e. The molecule has 0 saturated carbocycles. The summed E-state index contributed by atoms with van der Waals surface area (Å²) < 4.78 is 15.7. The molecule has 0 radical (unpaired) electrons. The second kappa shape index (κ2) is 6.89. The average molecular weight is 500 g/mol. The van der Waals surface area contributed by atoms with Crippen molar-refractivity contribution in [2.45, 2.75) is 12.8 Å². The molecule has 0 spiro atoms. The first-order chi connectivity index (χ1) is 19.3. The number of furan rings is 2. The van der Waals surface area contributed by atoms with E-state index in [9.17, 15) is 0 Å².